The molecule has 0 amide bonds. The highest BCUT2D eigenvalue weighted by Crippen LogP contribution is 2.27. The maximum atomic E-state index is 5.68. The molecule has 1 N–H and O–H groups in total. The van der Waals surface area contributed by atoms with Crippen LogP contribution in [-0.2, 0) is 6.42 Å². The molecule has 2 aromatic heterocycles. The summed E-state index contributed by atoms with van der Waals surface area (Å²) in [5, 5.41) is 3.46. The molecule has 1 aliphatic rings. The van der Waals surface area contributed by atoms with Crippen molar-refractivity contribution < 1.29 is 4.42 Å². The summed E-state index contributed by atoms with van der Waals surface area (Å²) in [6.07, 6.45) is 9.47. The Morgan fingerprint density at radius 1 is 1.28 bits per heavy atom. The number of oxazole rings is 1. The van der Waals surface area contributed by atoms with E-state index >= 15 is 0 Å². The summed E-state index contributed by atoms with van der Waals surface area (Å²) in [7, 11) is 0. The van der Waals surface area contributed by atoms with E-state index in [4.69, 9.17) is 9.41 Å². The lowest BCUT2D eigenvalue weighted by molar-refractivity contribution is 0.189. The van der Waals surface area contributed by atoms with E-state index < -0.39 is 0 Å². The molecule has 0 aliphatic carbocycles. The van der Waals surface area contributed by atoms with Crippen molar-refractivity contribution >= 4 is 29.9 Å². The van der Waals surface area contributed by atoms with Crippen molar-refractivity contribution in [1.29, 1.82) is 0 Å². The molecule has 0 spiro atoms. The van der Waals surface area contributed by atoms with E-state index in [1.165, 1.54) is 5.56 Å². The number of benzene rings is 1. The SMILES string of the molecule is CCNC(=NCCc1coc(-c2ccc(C)cc2)n1)N1CCC(C)C(n2ccnc2)C1.I. The predicted octanol–water partition coefficient (Wildman–Crippen LogP) is 4.56. The number of imidazole rings is 1. The molecule has 1 fully saturated rings. The number of halogens is 1. The molecule has 7 nitrogen and oxygen atoms in total. The zero-order valence-electron chi connectivity index (χ0n) is 19.1. The lowest BCUT2D eigenvalue weighted by Gasteiger charge is -2.39. The minimum absolute atomic E-state index is 0. The molecule has 1 aliphatic heterocycles. The van der Waals surface area contributed by atoms with Gasteiger partial charge in [0, 0.05) is 50.6 Å². The van der Waals surface area contributed by atoms with Gasteiger partial charge in [-0.3, -0.25) is 4.99 Å². The van der Waals surface area contributed by atoms with E-state index in [1.54, 1.807) is 6.26 Å². The van der Waals surface area contributed by atoms with Crippen LogP contribution in [0.1, 0.15) is 37.6 Å². The Balaban J connectivity index is 0.00000289. The molecule has 172 valence electrons. The standard InChI is InChI=1S/C24H32N6O.HI/c1-4-26-24(29-13-10-19(3)22(15-29)30-14-12-25-17-30)27-11-9-21-16-31-23(28-21)20-7-5-18(2)6-8-20;/h5-8,12,14,16-17,19,22H,4,9-11,13,15H2,1-3H3,(H,26,27);1H. The van der Waals surface area contributed by atoms with Gasteiger partial charge in [-0.05, 0) is 38.3 Å². The fourth-order valence-electron chi connectivity index (χ4n) is 4.05. The molecule has 3 aromatic rings. The van der Waals surface area contributed by atoms with Crippen LogP contribution in [0.15, 0.2) is 58.7 Å². The molecule has 1 aromatic carbocycles. The molecule has 32 heavy (non-hydrogen) atoms. The summed E-state index contributed by atoms with van der Waals surface area (Å²) in [6, 6.07) is 8.64. The van der Waals surface area contributed by atoms with Gasteiger partial charge in [0.05, 0.1) is 18.1 Å². The van der Waals surface area contributed by atoms with Gasteiger partial charge in [-0.15, -0.1) is 24.0 Å². The fraction of sp³-hybridized carbons (Fsp3) is 0.458. The fourth-order valence-corrected chi connectivity index (χ4v) is 4.05. The number of likely N-dealkylation sites (tertiary alicyclic amines) is 1. The molecule has 1 saturated heterocycles. The number of nitrogens with zero attached hydrogens (tertiary/aromatic N) is 5. The zero-order valence-corrected chi connectivity index (χ0v) is 21.4. The van der Waals surface area contributed by atoms with E-state index in [2.05, 4.69) is 63.9 Å². The van der Waals surface area contributed by atoms with Gasteiger partial charge in [0.25, 0.3) is 0 Å². The topological polar surface area (TPSA) is 71.5 Å². The van der Waals surface area contributed by atoms with Crippen LogP contribution in [0.25, 0.3) is 11.5 Å². The third-order valence-electron chi connectivity index (χ3n) is 5.94. The second-order valence-corrected chi connectivity index (χ2v) is 8.28. The Bertz CT molecular complexity index is 982. The number of aryl methyl sites for hydroxylation is 1. The van der Waals surface area contributed by atoms with E-state index in [-0.39, 0.29) is 24.0 Å². The number of hydrogen-bond acceptors (Lipinski definition) is 4. The van der Waals surface area contributed by atoms with Crippen molar-refractivity contribution in [2.45, 2.75) is 39.7 Å². The van der Waals surface area contributed by atoms with Gasteiger partial charge in [0.2, 0.25) is 5.89 Å². The van der Waals surface area contributed by atoms with Crippen molar-refractivity contribution in [3.8, 4) is 11.5 Å². The first-order valence-electron chi connectivity index (χ1n) is 11.2. The summed E-state index contributed by atoms with van der Waals surface area (Å²) < 4.78 is 7.91. The van der Waals surface area contributed by atoms with Crippen molar-refractivity contribution in [3.05, 3.63) is 60.5 Å². The quantitative estimate of drug-likeness (QED) is 0.278. The molecule has 8 heteroatoms. The minimum Gasteiger partial charge on any atom is -0.444 e. The molecule has 0 radical (unpaired) electrons. The molecule has 2 unspecified atom stereocenters. The van der Waals surface area contributed by atoms with Crippen LogP contribution in [0.5, 0.6) is 0 Å². The van der Waals surface area contributed by atoms with Gasteiger partial charge in [-0.1, -0.05) is 24.6 Å². The van der Waals surface area contributed by atoms with Crippen LogP contribution in [0.3, 0.4) is 0 Å². The Hall–Kier alpha value is -2.36. The third kappa shape index (κ3) is 5.90. The average Bonchev–Trinajstić information content (AvgIpc) is 3.47. The second kappa shape index (κ2) is 11.5. The molecule has 2 atom stereocenters. The van der Waals surface area contributed by atoms with Crippen LogP contribution >= 0.6 is 24.0 Å². The van der Waals surface area contributed by atoms with Crippen LogP contribution in [0.2, 0.25) is 0 Å². The summed E-state index contributed by atoms with van der Waals surface area (Å²) >= 11 is 0. The molecule has 4 rings (SSSR count). The predicted molar refractivity (Wildman–Crippen MR) is 138 cm³/mol. The molecular formula is C24H33IN6O. The number of piperidine rings is 1. The van der Waals surface area contributed by atoms with Gasteiger partial charge < -0.3 is 19.2 Å². The third-order valence-corrected chi connectivity index (χ3v) is 5.94. The smallest absolute Gasteiger partial charge is 0.226 e. The number of rotatable bonds is 6. The van der Waals surface area contributed by atoms with Gasteiger partial charge in [-0.2, -0.15) is 0 Å². The van der Waals surface area contributed by atoms with Crippen LogP contribution in [0.4, 0.5) is 0 Å². The first kappa shape index (κ1) is 24.3. The Kier molecular flexibility index (Phi) is 8.72. The van der Waals surface area contributed by atoms with E-state index in [0.717, 1.165) is 49.7 Å². The largest absolute Gasteiger partial charge is 0.444 e. The van der Waals surface area contributed by atoms with Crippen molar-refractivity contribution in [3.63, 3.8) is 0 Å². The maximum absolute atomic E-state index is 5.68. The minimum atomic E-state index is 0. The first-order valence-corrected chi connectivity index (χ1v) is 11.2. The molecular weight excluding hydrogens is 515 g/mol. The summed E-state index contributed by atoms with van der Waals surface area (Å²) in [5.74, 6) is 2.25. The highest BCUT2D eigenvalue weighted by atomic mass is 127. The van der Waals surface area contributed by atoms with Crippen LogP contribution < -0.4 is 5.32 Å². The number of hydrogen-bond donors (Lipinski definition) is 1. The van der Waals surface area contributed by atoms with Crippen molar-refractivity contribution in [2.75, 3.05) is 26.2 Å². The van der Waals surface area contributed by atoms with E-state index in [0.29, 0.717) is 24.4 Å². The Morgan fingerprint density at radius 3 is 2.81 bits per heavy atom. The highest BCUT2D eigenvalue weighted by Gasteiger charge is 2.28. The monoisotopic (exact) mass is 548 g/mol. The zero-order chi connectivity index (χ0) is 21.6. The Labute approximate surface area is 207 Å². The average molecular weight is 548 g/mol. The number of aromatic nitrogens is 3. The van der Waals surface area contributed by atoms with Gasteiger partial charge in [0.15, 0.2) is 5.96 Å². The van der Waals surface area contributed by atoms with Crippen molar-refractivity contribution in [2.24, 2.45) is 10.9 Å². The number of nitrogens with one attached hydrogen (secondary N) is 1. The van der Waals surface area contributed by atoms with Gasteiger partial charge in [-0.25, -0.2) is 9.97 Å². The molecule has 3 heterocycles. The van der Waals surface area contributed by atoms with E-state index in [9.17, 15) is 0 Å². The molecule has 0 saturated carbocycles. The maximum Gasteiger partial charge on any atom is 0.226 e. The highest BCUT2D eigenvalue weighted by molar-refractivity contribution is 14.0. The number of guanidine groups is 1. The Morgan fingerprint density at radius 2 is 2.09 bits per heavy atom. The second-order valence-electron chi connectivity index (χ2n) is 8.28. The summed E-state index contributed by atoms with van der Waals surface area (Å²) in [4.78, 5) is 16.1. The number of aliphatic imine (C=N–C) groups is 1. The van der Waals surface area contributed by atoms with E-state index in [1.807, 2.05) is 24.7 Å². The van der Waals surface area contributed by atoms with Gasteiger partial charge in [0.1, 0.15) is 6.26 Å². The summed E-state index contributed by atoms with van der Waals surface area (Å²) in [6.45, 7) is 9.98. The summed E-state index contributed by atoms with van der Waals surface area (Å²) in [5.41, 5.74) is 3.16. The first-order chi connectivity index (χ1) is 15.1. The van der Waals surface area contributed by atoms with Crippen molar-refractivity contribution in [1.82, 2.24) is 24.8 Å². The lowest BCUT2D eigenvalue weighted by Crippen LogP contribution is -2.49. The van der Waals surface area contributed by atoms with Gasteiger partial charge >= 0.3 is 0 Å². The normalized spacial score (nSPS) is 19.0. The van der Waals surface area contributed by atoms with Crippen LogP contribution in [-0.4, -0.2) is 51.6 Å². The lowest BCUT2D eigenvalue weighted by atomic mass is 9.93. The van der Waals surface area contributed by atoms with Crippen LogP contribution in [0, 0.1) is 12.8 Å². The molecule has 0 bridgehead atoms.